The summed E-state index contributed by atoms with van der Waals surface area (Å²) in [6.07, 6.45) is 3.62. The normalized spacial score (nSPS) is 20.8. The number of nitrogens with zero attached hydrogens (tertiary/aromatic N) is 3. The number of rotatable bonds is 6. The summed E-state index contributed by atoms with van der Waals surface area (Å²) in [6, 6.07) is 8.38. The van der Waals surface area contributed by atoms with Gasteiger partial charge in [-0.15, -0.1) is 4.94 Å². The predicted octanol–water partition coefficient (Wildman–Crippen LogP) is 2.48. The Morgan fingerprint density at radius 1 is 1.24 bits per heavy atom. The third-order valence-electron chi connectivity index (χ3n) is 5.52. The summed E-state index contributed by atoms with van der Waals surface area (Å²) in [5.41, 5.74) is 7.86. The molecule has 0 bridgehead atoms. The molecule has 0 aliphatic carbocycles. The quantitative estimate of drug-likeness (QED) is 0.823. The van der Waals surface area contributed by atoms with E-state index in [9.17, 15) is 5.11 Å². The molecule has 1 saturated heterocycles. The molecule has 3 N–H and O–H groups in total. The number of benzene rings is 1. The number of hydrogen-bond donors (Lipinski definition) is 2. The van der Waals surface area contributed by atoms with Crippen molar-refractivity contribution in [3.8, 4) is 0 Å². The number of hydroxylamine groups is 2. The molecule has 1 fully saturated rings. The van der Waals surface area contributed by atoms with Crippen molar-refractivity contribution in [3.63, 3.8) is 0 Å². The van der Waals surface area contributed by atoms with Gasteiger partial charge in [0.25, 0.3) is 0 Å². The maximum absolute atomic E-state index is 10.0. The molecule has 0 saturated carbocycles. The molecule has 2 aliphatic heterocycles. The highest BCUT2D eigenvalue weighted by atomic mass is 16.9. The lowest BCUT2D eigenvalue weighted by Gasteiger charge is -2.44. The number of likely N-dealkylation sites (tertiary alicyclic amines) is 1. The molecular weight excluding hydrogens is 316 g/mol. The Morgan fingerprint density at radius 2 is 1.88 bits per heavy atom. The van der Waals surface area contributed by atoms with Crippen LogP contribution in [0.4, 0.5) is 11.4 Å². The van der Waals surface area contributed by atoms with Gasteiger partial charge >= 0.3 is 0 Å². The molecule has 1 aromatic carbocycles. The van der Waals surface area contributed by atoms with Crippen LogP contribution in [0.15, 0.2) is 24.3 Å². The number of nitrogens with two attached hydrogens (primary N) is 1. The molecule has 1 aromatic rings. The standard InChI is InChI=1S/C19H32N4O2/c1-15(24)22-17-7-4-5-8-18(17)23(25-22)16-9-13-21(14-10-16)19(2,3)11-6-12-20/h4-5,7-8,15-16,24H,6,9-14,20H2,1-3H3. The largest absolute Gasteiger partial charge is 0.372 e. The molecule has 0 amide bonds. The number of aliphatic hydroxyl groups is 1. The summed E-state index contributed by atoms with van der Waals surface area (Å²) in [4.78, 5) is 8.58. The van der Waals surface area contributed by atoms with Crippen LogP contribution in [0.3, 0.4) is 0 Å². The topological polar surface area (TPSA) is 65.2 Å². The lowest BCUT2D eigenvalue weighted by Crippen LogP contribution is -2.52. The molecular formula is C19H32N4O2. The summed E-state index contributed by atoms with van der Waals surface area (Å²) in [7, 11) is 0. The number of anilines is 2. The van der Waals surface area contributed by atoms with Gasteiger partial charge in [0, 0.05) is 18.6 Å². The summed E-state index contributed by atoms with van der Waals surface area (Å²) in [6.45, 7) is 9.23. The molecule has 6 nitrogen and oxygen atoms in total. The maximum atomic E-state index is 10.0. The van der Waals surface area contributed by atoms with Gasteiger partial charge in [-0.3, -0.25) is 4.90 Å². The lowest BCUT2D eigenvalue weighted by molar-refractivity contribution is -0.00854. The van der Waals surface area contributed by atoms with Gasteiger partial charge in [0.05, 0.1) is 17.4 Å². The number of fused-ring (bicyclic) bond motifs is 1. The Kier molecular flexibility index (Phi) is 5.53. The third-order valence-corrected chi connectivity index (χ3v) is 5.52. The maximum Gasteiger partial charge on any atom is 0.150 e. The van der Waals surface area contributed by atoms with Crippen LogP contribution >= 0.6 is 0 Å². The molecule has 140 valence electrons. The second-order valence-electron chi connectivity index (χ2n) is 7.78. The van der Waals surface area contributed by atoms with Crippen molar-refractivity contribution >= 4 is 11.4 Å². The van der Waals surface area contributed by atoms with E-state index in [1.165, 1.54) is 0 Å². The average Bonchev–Trinajstić information content (AvgIpc) is 3.00. The minimum Gasteiger partial charge on any atom is -0.372 e. The first kappa shape index (κ1) is 18.5. The SMILES string of the molecule is CC(O)N1ON(C2CCN(C(C)(C)CCCN)CC2)c2ccccc21. The Morgan fingerprint density at radius 3 is 2.48 bits per heavy atom. The monoisotopic (exact) mass is 348 g/mol. The van der Waals surface area contributed by atoms with Crippen molar-refractivity contribution in [2.45, 2.75) is 64.3 Å². The van der Waals surface area contributed by atoms with E-state index in [1.807, 2.05) is 23.3 Å². The third kappa shape index (κ3) is 3.77. The number of para-hydroxylation sites is 2. The molecule has 1 unspecified atom stereocenters. The molecule has 1 atom stereocenters. The first-order valence-corrected chi connectivity index (χ1v) is 9.43. The zero-order valence-corrected chi connectivity index (χ0v) is 15.7. The average molecular weight is 348 g/mol. The minimum absolute atomic E-state index is 0.194. The van der Waals surface area contributed by atoms with Crippen LogP contribution < -0.4 is 15.9 Å². The number of piperidine rings is 1. The highest BCUT2D eigenvalue weighted by Crippen LogP contribution is 2.40. The first-order valence-electron chi connectivity index (χ1n) is 9.43. The fourth-order valence-electron chi connectivity index (χ4n) is 3.95. The van der Waals surface area contributed by atoms with E-state index in [-0.39, 0.29) is 5.54 Å². The van der Waals surface area contributed by atoms with E-state index in [1.54, 1.807) is 12.0 Å². The Hall–Kier alpha value is -1.34. The van der Waals surface area contributed by atoms with Crippen LogP contribution in [-0.4, -0.2) is 47.4 Å². The summed E-state index contributed by atoms with van der Waals surface area (Å²) in [5, 5.41) is 13.6. The van der Waals surface area contributed by atoms with Crippen LogP contribution in [0.5, 0.6) is 0 Å². The van der Waals surface area contributed by atoms with E-state index in [2.05, 4.69) is 24.8 Å². The summed E-state index contributed by atoms with van der Waals surface area (Å²) < 4.78 is 0. The number of hydrogen-bond acceptors (Lipinski definition) is 6. The number of aliphatic hydroxyl groups excluding tert-OH is 1. The van der Waals surface area contributed by atoms with Crippen LogP contribution in [0.2, 0.25) is 0 Å². The fourth-order valence-corrected chi connectivity index (χ4v) is 3.95. The van der Waals surface area contributed by atoms with E-state index in [0.29, 0.717) is 6.04 Å². The summed E-state index contributed by atoms with van der Waals surface area (Å²) >= 11 is 0. The Bertz CT molecular complexity index is 570. The highest BCUT2D eigenvalue weighted by Gasteiger charge is 2.38. The van der Waals surface area contributed by atoms with Gasteiger partial charge in [0.1, 0.15) is 0 Å². The predicted molar refractivity (Wildman–Crippen MR) is 101 cm³/mol. The first-order chi connectivity index (χ1) is 11.9. The molecule has 2 aliphatic rings. The van der Waals surface area contributed by atoms with Gasteiger partial charge < -0.3 is 10.8 Å². The second kappa shape index (κ2) is 7.50. The van der Waals surface area contributed by atoms with Gasteiger partial charge in [-0.05, 0) is 65.1 Å². The molecule has 0 spiro atoms. The highest BCUT2D eigenvalue weighted by molar-refractivity contribution is 5.72. The summed E-state index contributed by atoms with van der Waals surface area (Å²) in [5.74, 6) is 0. The van der Waals surface area contributed by atoms with Gasteiger partial charge in [-0.25, -0.2) is 5.06 Å². The minimum atomic E-state index is -0.679. The molecule has 2 heterocycles. The Balaban J connectivity index is 1.66. The van der Waals surface area contributed by atoms with Gasteiger partial charge in [0.15, 0.2) is 6.23 Å². The van der Waals surface area contributed by atoms with Gasteiger partial charge in [-0.2, -0.15) is 5.06 Å². The van der Waals surface area contributed by atoms with E-state index >= 15 is 0 Å². The Labute approximate surface area is 151 Å². The molecule has 6 heteroatoms. The molecule has 0 aromatic heterocycles. The van der Waals surface area contributed by atoms with Crippen LogP contribution in [0, 0.1) is 0 Å². The zero-order chi connectivity index (χ0) is 18.0. The van der Waals surface area contributed by atoms with Crippen molar-refractivity contribution in [1.29, 1.82) is 0 Å². The van der Waals surface area contributed by atoms with E-state index in [4.69, 9.17) is 10.7 Å². The van der Waals surface area contributed by atoms with Crippen molar-refractivity contribution in [2.75, 3.05) is 29.8 Å². The second-order valence-corrected chi connectivity index (χ2v) is 7.78. The fraction of sp³-hybridized carbons (Fsp3) is 0.684. The molecule has 3 rings (SSSR count). The van der Waals surface area contributed by atoms with Crippen molar-refractivity contribution in [1.82, 2.24) is 4.90 Å². The molecule has 25 heavy (non-hydrogen) atoms. The smallest absolute Gasteiger partial charge is 0.150 e. The van der Waals surface area contributed by atoms with Gasteiger partial charge in [0.2, 0.25) is 0 Å². The van der Waals surface area contributed by atoms with Crippen LogP contribution in [0.25, 0.3) is 0 Å². The van der Waals surface area contributed by atoms with E-state index in [0.717, 1.165) is 56.7 Å². The van der Waals surface area contributed by atoms with Crippen molar-refractivity contribution < 1.29 is 10.0 Å². The van der Waals surface area contributed by atoms with Gasteiger partial charge in [-0.1, -0.05) is 12.1 Å². The zero-order valence-electron chi connectivity index (χ0n) is 15.7. The van der Waals surface area contributed by atoms with E-state index < -0.39 is 6.23 Å². The van der Waals surface area contributed by atoms with Crippen molar-refractivity contribution in [2.24, 2.45) is 5.73 Å². The van der Waals surface area contributed by atoms with Crippen LogP contribution in [-0.2, 0) is 4.94 Å². The molecule has 0 radical (unpaired) electrons. The van der Waals surface area contributed by atoms with Crippen LogP contribution in [0.1, 0.15) is 46.5 Å². The lowest BCUT2D eigenvalue weighted by atomic mass is 9.92. The van der Waals surface area contributed by atoms with Crippen molar-refractivity contribution in [3.05, 3.63) is 24.3 Å².